The van der Waals surface area contributed by atoms with E-state index in [1.807, 2.05) is 0 Å². The molecule has 2 rings (SSSR count). The van der Waals surface area contributed by atoms with E-state index in [9.17, 15) is 18.8 Å². The predicted molar refractivity (Wildman–Crippen MR) is 78.6 cm³/mol. The molecular weight excluding hydrogens is 307 g/mol. The molecule has 1 fully saturated rings. The molecule has 2 amide bonds. The lowest BCUT2D eigenvalue weighted by atomic mass is 10.1. The van der Waals surface area contributed by atoms with E-state index in [0.717, 1.165) is 6.07 Å². The lowest BCUT2D eigenvalue weighted by Crippen LogP contribution is -2.49. The summed E-state index contributed by atoms with van der Waals surface area (Å²) in [5.74, 6) is -2.76. The Labute approximate surface area is 132 Å². The lowest BCUT2D eigenvalue weighted by Gasteiger charge is -2.35. The van der Waals surface area contributed by atoms with Gasteiger partial charge in [-0.1, -0.05) is 0 Å². The maximum atomic E-state index is 14.0. The van der Waals surface area contributed by atoms with Crippen LogP contribution in [0.4, 0.5) is 10.1 Å². The Kier molecular flexibility index (Phi) is 5.28. The Morgan fingerprint density at radius 1 is 1.43 bits per heavy atom. The molecule has 1 heterocycles. The zero-order valence-corrected chi connectivity index (χ0v) is 12.5. The molecule has 8 heteroatoms. The van der Waals surface area contributed by atoms with E-state index in [-0.39, 0.29) is 37.6 Å². The van der Waals surface area contributed by atoms with Gasteiger partial charge in [-0.25, -0.2) is 4.39 Å². The van der Waals surface area contributed by atoms with Crippen molar-refractivity contribution in [3.63, 3.8) is 0 Å². The van der Waals surface area contributed by atoms with Crippen molar-refractivity contribution in [3.8, 4) is 0 Å². The number of halogens is 1. The van der Waals surface area contributed by atoms with E-state index in [4.69, 9.17) is 9.84 Å². The van der Waals surface area contributed by atoms with Crippen molar-refractivity contribution in [3.05, 3.63) is 29.6 Å². The molecule has 1 aromatic rings. The van der Waals surface area contributed by atoms with Crippen LogP contribution in [0.3, 0.4) is 0 Å². The second-order valence-electron chi connectivity index (χ2n) is 5.20. The molecule has 0 radical (unpaired) electrons. The minimum atomic E-state index is -1.06. The van der Waals surface area contributed by atoms with Gasteiger partial charge in [0.2, 0.25) is 5.91 Å². The molecule has 124 valence electrons. The third kappa shape index (κ3) is 4.26. The molecule has 2 N–H and O–H groups in total. The van der Waals surface area contributed by atoms with Gasteiger partial charge in [0, 0.05) is 19.2 Å². The van der Waals surface area contributed by atoms with E-state index < -0.39 is 23.7 Å². The second-order valence-corrected chi connectivity index (χ2v) is 5.20. The number of carboxylic acids is 1. The number of nitrogens with one attached hydrogen (secondary N) is 1. The number of aliphatic carboxylic acids is 1. The number of ether oxygens (including phenoxy) is 1. The summed E-state index contributed by atoms with van der Waals surface area (Å²) in [6.45, 7) is 1.83. The first kappa shape index (κ1) is 16.9. The van der Waals surface area contributed by atoms with Crippen LogP contribution in [0.25, 0.3) is 0 Å². The number of carbonyl (C=O) groups excluding carboxylic acids is 2. The van der Waals surface area contributed by atoms with Gasteiger partial charge < -0.3 is 20.1 Å². The largest absolute Gasteiger partial charge is 0.481 e. The van der Waals surface area contributed by atoms with Crippen LogP contribution >= 0.6 is 0 Å². The number of morpholine rings is 1. The zero-order valence-electron chi connectivity index (χ0n) is 12.5. The van der Waals surface area contributed by atoms with Crippen molar-refractivity contribution < 1.29 is 28.6 Å². The molecule has 1 atom stereocenters. The fourth-order valence-electron chi connectivity index (χ4n) is 2.42. The minimum absolute atomic E-state index is 0.0883. The number of rotatable bonds is 4. The van der Waals surface area contributed by atoms with Gasteiger partial charge in [-0.2, -0.15) is 0 Å². The molecule has 0 aliphatic carbocycles. The van der Waals surface area contributed by atoms with Crippen molar-refractivity contribution >= 4 is 23.5 Å². The van der Waals surface area contributed by atoms with Crippen LogP contribution in [0.5, 0.6) is 0 Å². The summed E-state index contributed by atoms with van der Waals surface area (Å²) in [5.41, 5.74) is 0.0823. The quantitative estimate of drug-likeness (QED) is 0.864. The third-order valence-electron chi connectivity index (χ3n) is 3.42. The predicted octanol–water partition coefficient (Wildman–Crippen LogP) is 1.10. The summed E-state index contributed by atoms with van der Waals surface area (Å²) in [7, 11) is 0. The van der Waals surface area contributed by atoms with Crippen molar-refractivity contribution in [2.75, 3.05) is 25.1 Å². The Morgan fingerprint density at radius 3 is 2.83 bits per heavy atom. The molecule has 1 aliphatic heterocycles. The molecule has 1 aromatic carbocycles. The number of carbonyl (C=O) groups is 3. The zero-order chi connectivity index (χ0) is 17.0. The fourth-order valence-corrected chi connectivity index (χ4v) is 2.42. The summed E-state index contributed by atoms with van der Waals surface area (Å²) in [6, 6.07) is 3.02. The highest BCUT2D eigenvalue weighted by molar-refractivity contribution is 5.97. The van der Waals surface area contributed by atoms with Gasteiger partial charge in [-0.05, 0) is 18.2 Å². The number of carboxylic acid groups (broad SMARTS) is 1. The minimum Gasteiger partial charge on any atom is -0.481 e. The summed E-state index contributed by atoms with van der Waals surface area (Å²) in [5, 5.41) is 11.4. The SMILES string of the molecule is CC(=O)Nc1ccc(F)c(C(=O)N2CCOCC2CC(=O)O)c1. The fraction of sp³-hybridized carbons (Fsp3) is 0.400. The van der Waals surface area contributed by atoms with Crippen LogP contribution in [0.1, 0.15) is 23.7 Å². The van der Waals surface area contributed by atoms with Gasteiger partial charge in [0.25, 0.3) is 5.91 Å². The molecule has 0 spiro atoms. The van der Waals surface area contributed by atoms with Gasteiger partial charge in [0.05, 0.1) is 31.2 Å². The molecule has 1 aliphatic rings. The van der Waals surface area contributed by atoms with Crippen LogP contribution in [-0.2, 0) is 14.3 Å². The molecule has 1 unspecified atom stereocenters. The van der Waals surface area contributed by atoms with Crippen molar-refractivity contribution in [2.45, 2.75) is 19.4 Å². The highest BCUT2D eigenvalue weighted by Crippen LogP contribution is 2.20. The molecule has 0 aromatic heterocycles. The van der Waals surface area contributed by atoms with Gasteiger partial charge >= 0.3 is 5.97 Å². The molecule has 1 saturated heterocycles. The normalized spacial score (nSPS) is 17.7. The highest BCUT2D eigenvalue weighted by atomic mass is 19.1. The Balaban J connectivity index is 2.26. The van der Waals surface area contributed by atoms with Crippen molar-refractivity contribution in [1.82, 2.24) is 4.90 Å². The molecule has 7 nitrogen and oxygen atoms in total. The smallest absolute Gasteiger partial charge is 0.305 e. The van der Waals surface area contributed by atoms with E-state index in [2.05, 4.69) is 5.32 Å². The van der Waals surface area contributed by atoms with Gasteiger partial charge in [-0.3, -0.25) is 14.4 Å². The van der Waals surface area contributed by atoms with Crippen LogP contribution < -0.4 is 5.32 Å². The van der Waals surface area contributed by atoms with Crippen LogP contribution in [-0.4, -0.2) is 53.6 Å². The summed E-state index contributed by atoms with van der Waals surface area (Å²) in [4.78, 5) is 35.8. The van der Waals surface area contributed by atoms with Crippen molar-refractivity contribution in [1.29, 1.82) is 0 Å². The average Bonchev–Trinajstić information content (AvgIpc) is 2.48. The topological polar surface area (TPSA) is 95.9 Å². The monoisotopic (exact) mass is 324 g/mol. The Hall–Kier alpha value is -2.48. The van der Waals surface area contributed by atoms with E-state index in [1.165, 1.54) is 24.0 Å². The number of nitrogens with zero attached hydrogens (tertiary/aromatic N) is 1. The number of anilines is 1. The maximum absolute atomic E-state index is 14.0. The Morgan fingerprint density at radius 2 is 2.17 bits per heavy atom. The van der Waals surface area contributed by atoms with Crippen molar-refractivity contribution in [2.24, 2.45) is 0 Å². The third-order valence-corrected chi connectivity index (χ3v) is 3.42. The number of hydrogen-bond donors (Lipinski definition) is 2. The maximum Gasteiger partial charge on any atom is 0.305 e. The average molecular weight is 324 g/mol. The summed E-state index contributed by atoms with van der Waals surface area (Å²) < 4.78 is 19.2. The first-order valence-corrected chi connectivity index (χ1v) is 7.06. The second kappa shape index (κ2) is 7.19. The van der Waals surface area contributed by atoms with E-state index in [0.29, 0.717) is 5.69 Å². The summed E-state index contributed by atoms with van der Waals surface area (Å²) >= 11 is 0. The van der Waals surface area contributed by atoms with Gasteiger partial charge in [0.1, 0.15) is 5.82 Å². The van der Waals surface area contributed by atoms with E-state index >= 15 is 0 Å². The number of amides is 2. The molecule has 0 bridgehead atoms. The number of benzene rings is 1. The van der Waals surface area contributed by atoms with Crippen LogP contribution in [0.2, 0.25) is 0 Å². The summed E-state index contributed by atoms with van der Waals surface area (Å²) in [6.07, 6.45) is -0.279. The van der Waals surface area contributed by atoms with Crippen LogP contribution in [0.15, 0.2) is 18.2 Å². The molecular formula is C15H17FN2O5. The first-order valence-electron chi connectivity index (χ1n) is 7.06. The molecule has 23 heavy (non-hydrogen) atoms. The van der Waals surface area contributed by atoms with Crippen LogP contribution in [0, 0.1) is 5.82 Å². The highest BCUT2D eigenvalue weighted by Gasteiger charge is 2.31. The van der Waals surface area contributed by atoms with Gasteiger partial charge in [-0.15, -0.1) is 0 Å². The standard InChI is InChI=1S/C15H17FN2O5/c1-9(19)17-10-2-3-13(16)12(6-10)15(22)18-4-5-23-8-11(18)7-14(20)21/h2-3,6,11H,4-5,7-8H2,1H3,(H,17,19)(H,20,21). The van der Waals surface area contributed by atoms with E-state index in [1.54, 1.807) is 0 Å². The lowest BCUT2D eigenvalue weighted by molar-refractivity contribution is -0.139. The van der Waals surface area contributed by atoms with Gasteiger partial charge in [0.15, 0.2) is 0 Å². The number of hydrogen-bond acceptors (Lipinski definition) is 4. The Bertz CT molecular complexity index is 634. The molecule has 0 saturated carbocycles. The first-order chi connectivity index (χ1) is 10.9.